The van der Waals surface area contributed by atoms with Crippen LogP contribution < -0.4 is 26.8 Å². The van der Waals surface area contributed by atoms with Gasteiger partial charge in [-0.1, -0.05) is 0 Å². The highest BCUT2D eigenvalue weighted by Crippen LogP contribution is 2.39. The van der Waals surface area contributed by atoms with Crippen LogP contribution in [0.2, 0.25) is 0 Å². The van der Waals surface area contributed by atoms with Gasteiger partial charge in [0.1, 0.15) is 12.0 Å². The molecule has 0 bridgehead atoms. The molecule has 0 aliphatic carbocycles. The maximum Gasteiger partial charge on any atom is 0.143 e. The lowest BCUT2D eigenvalue weighted by Crippen LogP contribution is -2.48. The molecule has 0 saturated carbocycles. The number of nitrogens with two attached hydrogens (primary N) is 1. The van der Waals surface area contributed by atoms with Crippen LogP contribution in [0.5, 0.6) is 0 Å². The maximum absolute atomic E-state index is 14.2. The number of fused-ring (bicyclic) bond motifs is 1. The number of hydrogen-bond donors (Lipinski definition) is 4. The monoisotopic (exact) mass is 492 g/mol. The van der Waals surface area contributed by atoms with Crippen molar-refractivity contribution in [3.63, 3.8) is 0 Å². The van der Waals surface area contributed by atoms with Gasteiger partial charge in [0.25, 0.3) is 0 Å². The van der Waals surface area contributed by atoms with Gasteiger partial charge < -0.3 is 16.0 Å². The molecule has 3 aliphatic rings. The van der Waals surface area contributed by atoms with E-state index in [9.17, 15) is 4.39 Å². The molecule has 3 fully saturated rings. The molecule has 168 valence electrons. The van der Waals surface area contributed by atoms with Gasteiger partial charge >= 0.3 is 0 Å². The summed E-state index contributed by atoms with van der Waals surface area (Å²) in [5.74, 6) is 1.16. The van der Waals surface area contributed by atoms with Gasteiger partial charge in [0.05, 0.1) is 29.0 Å². The summed E-state index contributed by atoms with van der Waals surface area (Å²) < 4.78 is 17.0. The summed E-state index contributed by atoms with van der Waals surface area (Å²) in [7, 11) is 0. The summed E-state index contributed by atoms with van der Waals surface area (Å²) in [6.45, 7) is 4.79. The van der Waals surface area contributed by atoms with E-state index in [1.165, 1.54) is 5.56 Å². The molecule has 0 radical (unpaired) electrons. The molecule has 3 saturated heterocycles. The highest BCUT2D eigenvalue weighted by atomic mass is 79.9. The van der Waals surface area contributed by atoms with Crippen LogP contribution in [0.4, 0.5) is 10.2 Å². The molecule has 0 spiro atoms. The number of hydrogen-bond acceptors (Lipinski definition) is 7. The molecule has 0 amide bonds. The topological polar surface area (TPSA) is 96.1 Å². The Balaban J connectivity index is 1.37. The van der Waals surface area contributed by atoms with E-state index in [0.29, 0.717) is 31.5 Å². The zero-order chi connectivity index (χ0) is 21.5. The summed E-state index contributed by atoms with van der Waals surface area (Å²) in [6, 6.07) is 4.58. The third-order valence-corrected chi connectivity index (χ3v) is 7.36. The van der Waals surface area contributed by atoms with Crippen LogP contribution in [0.25, 0.3) is 0 Å². The van der Waals surface area contributed by atoms with Crippen molar-refractivity contribution in [2.45, 2.75) is 56.6 Å². The van der Waals surface area contributed by atoms with E-state index in [0.717, 1.165) is 35.5 Å². The number of aromatic nitrogens is 3. The first-order valence-electron chi connectivity index (χ1n) is 11.1. The molecular weight excluding hydrogens is 463 g/mol. The molecule has 2 aromatic rings. The van der Waals surface area contributed by atoms with Crippen LogP contribution in [0.3, 0.4) is 0 Å². The smallest absolute Gasteiger partial charge is 0.143 e. The highest BCUT2D eigenvalue weighted by Gasteiger charge is 2.42. The van der Waals surface area contributed by atoms with Gasteiger partial charge in [0.2, 0.25) is 0 Å². The largest absolute Gasteiger partial charge is 0.351 e. The Bertz CT molecular complexity index is 913. The third kappa shape index (κ3) is 4.23. The highest BCUT2D eigenvalue weighted by molar-refractivity contribution is 9.10. The van der Waals surface area contributed by atoms with E-state index >= 15 is 0 Å². The van der Waals surface area contributed by atoms with E-state index in [-0.39, 0.29) is 18.1 Å². The quantitative estimate of drug-likeness (QED) is 0.516. The summed E-state index contributed by atoms with van der Waals surface area (Å²) in [5.41, 5.74) is 15.2. The molecule has 8 nitrogen and oxygen atoms in total. The Labute approximate surface area is 190 Å². The fraction of sp³-hybridized carbons (Fsp3) is 0.619. The van der Waals surface area contributed by atoms with E-state index < -0.39 is 6.17 Å². The van der Waals surface area contributed by atoms with Crippen molar-refractivity contribution in [2.75, 3.05) is 24.5 Å². The van der Waals surface area contributed by atoms with E-state index in [4.69, 9.17) is 10.7 Å². The van der Waals surface area contributed by atoms with Crippen molar-refractivity contribution in [1.29, 1.82) is 0 Å². The van der Waals surface area contributed by atoms with Gasteiger partial charge in [-0.3, -0.25) is 10.1 Å². The third-order valence-electron chi connectivity index (χ3n) is 6.74. The molecular formula is C21H30BrFN8. The summed E-state index contributed by atoms with van der Waals surface area (Å²) in [6.07, 6.45) is 4.57. The van der Waals surface area contributed by atoms with E-state index in [1.807, 2.05) is 21.8 Å². The van der Waals surface area contributed by atoms with Crippen LogP contribution >= 0.6 is 15.9 Å². The first kappa shape index (κ1) is 21.3. The number of alkyl halides is 1. The second kappa shape index (κ2) is 8.74. The zero-order valence-electron chi connectivity index (χ0n) is 17.6. The lowest BCUT2D eigenvalue weighted by atomic mass is 9.82. The van der Waals surface area contributed by atoms with E-state index in [2.05, 4.69) is 56.4 Å². The number of hydrazine groups is 1. The molecule has 31 heavy (non-hydrogen) atoms. The van der Waals surface area contributed by atoms with Gasteiger partial charge in [-0.05, 0) is 47.8 Å². The predicted octanol–water partition coefficient (Wildman–Crippen LogP) is 1.80. The van der Waals surface area contributed by atoms with Gasteiger partial charge in [0, 0.05) is 55.4 Å². The van der Waals surface area contributed by atoms with Gasteiger partial charge in [-0.15, -0.1) is 0 Å². The lowest BCUT2D eigenvalue weighted by Gasteiger charge is -2.35. The number of aryl methyl sites for hydroxylation is 1. The first-order chi connectivity index (χ1) is 15.0. The van der Waals surface area contributed by atoms with Gasteiger partial charge in [0.15, 0.2) is 0 Å². The number of anilines is 1. The first-order valence-corrected chi connectivity index (χ1v) is 11.9. The fourth-order valence-electron chi connectivity index (χ4n) is 5.14. The van der Waals surface area contributed by atoms with E-state index in [1.54, 1.807) is 0 Å². The minimum Gasteiger partial charge on any atom is -0.351 e. The van der Waals surface area contributed by atoms with Crippen LogP contribution in [0.1, 0.15) is 43.1 Å². The summed E-state index contributed by atoms with van der Waals surface area (Å²) in [5, 5.41) is 8.09. The Morgan fingerprint density at radius 2 is 2.13 bits per heavy atom. The SMILES string of the molecule is CCn1cc(C2CC3C(CN2)NNC3c2ccc(Br)c(N3C[C@@H](N)C[C@@H](F)C3)n2)cn1. The second-order valence-electron chi connectivity index (χ2n) is 8.90. The summed E-state index contributed by atoms with van der Waals surface area (Å²) in [4.78, 5) is 6.94. The van der Waals surface area contributed by atoms with Crippen LogP contribution in [-0.2, 0) is 6.54 Å². The predicted molar refractivity (Wildman–Crippen MR) is 121 cm³/mol. The van der Waals surface area contributed by atoms with Crippen molar-refractivity contribution < 1.29 is 4.39 Å². The molecule has 10 heteroatoms. The Hall–Kier alpha value is -1.59. The number of nitrogens with one attached hydrogen (secondary N) is 3. The molecule has 5 rings (SSSR count). The number of halogens is 2. The molecule has 4 unspecified atom stereocenters. The number of piperidine rings is 2. The average molecular weight is 493 g/mol. The molecule has 5 heterocycles. The van der Waals surface area contributed by atoms with Crippen molar-refractivity contribution in [2.24, 2.45) is 11.7 Å². The molecule has 0 aromatic carbocycles. The Morgan fingerprint density at radius 1 is 1.26 bits per heavy atom. The number of rotatable bonds is 4. The Morgan fingerprint density at radius 3 is 2.90 bits per heavy atom. The molecule has 3 aliphatic heterocycles. The normalized spacial score (nSPS) is 33.5. The second-order valence-corrected chi connectivity index (χ2v) is 9.76. The minimum atomic E-state index is -0.925. The number of pyridine rings is 1. The van der Waals surface area contributed by atoms with Crippen molar-refractivity contribution in [1.82, 2.24) is 30.9 Å². The number of nitrogens with zero attached hydrogens (tertiary/aromatic N) is 4. The van der Waals surface area contributed by atoms with Gasteiger partial charge in [-0.2, -0.15) is 5.10 Å². The van der Waals surface area contributed by atoms with Crippen molar-refractivity contribution in [3.05, 3.63) is 40.3 Å². The molecule has 2 aromatic heterocycles. The molecule has 6 atom stereocenters. The lowest BCUT2D eigenvalue weighted by molar-refractivity contribution is 0.263. The fourth-order valence-corrected chi connectivity index (χ4v) is 5.61. The zero-order valence-corrected chi connectivity index (χ0v) is 19.2. The van der Waals surface area contributed by atoms with Crippen LogP contribution in [-0.4, -0.2) is 52.7 Å². The molecule has 5 N–H and O–H groups in total. The Kier molecular flexibility index (Phi) is 6.00. The van der Waals surface area contributed by atoms with Crippen molar-refractivity contribution in [3.8, 4) is 0 Å². The average Bonchev–Trinajstić information content (AvgIpc) is 3.40. The van der Waals surface area contributed by atoms with Gasteiger partial charge in [-0.25, -0.2) is 14.8 Å². The van der Waals surface area contributed by atoms with Crippen LogP contribution in [0.15, 0.2) is 29.0 Å². The standard InChI is InChI=1S/C21H30BrFN8/c1-2-31-9-12(7-26-31)18-6-15-19(8-25-18)28-29-20(15)17-4-3-16(22)21(27-17)30-10-13(23)5-14(24)11-30/h3-4,7,9,13-15,18-20,25,28-29H,2,5-6,8,10-11,24H2,1H3/t13-,14+,15?,18?,19?,20?/m1/s1. The summed E-state index contributed by atoms with van der Waals surface area (Å²) >= 11 is 3.61. The maximum atomic E-state index is 14.2. The minimum absolute atomic E-state index is 0.0855. The van der Waals surface area contributed by atoms with Crippen molar-refractivity contribution >= 4 is 21.7 Å². The van der Waals surface area contributed by atoms with Crippen LogP contribution in [0, 0.1) is 5.92 Å².